The van der Waals surface area contributed by atoms with Crippen molar-refractivity contribution in [2.75, 3.05) is 19.8 Å². The van der Waals surface area contributed by atoms with Crippen LogP contribution in [-0.2, 0) is 23.7 Å². The average molecular weight is 822 g/mol. The molecular weight excluding hydrogens is 738 g/mol. The summed E-state index contributed by atoms with van der Waals surface area (Å²) in [6.07, 6.45) is 15.1. The van der Waals surface area contributed by atoms with Crippen molar-refractivity contribution in [2.45, 2.75) is 248 Å². The van der Waals surface area contributed by atoms with Gasteiger partial charge in [-0.25, -0.2) is 0 Å². The highest BCUT2D eigenvalue weighted by Crippen LogP contribution is 2.30. The zero-order valence-electron chi connectivity index (χ0n) is 35.3. The molecule has 2 rings (SSSR count). The van der Waals surface area contributed by atoms with Crippen molar-refractivity contribution in [3.63, 3.8) is 0 Å². The van der Waals surface area contributed by atoms with E-state index in [9.17, 15) is 45.6 Å². The predicted octanol–water partition coefficient (Wildman–Crippen LogP) is 4.27. The molecule has 12 unspecified atom stereocenters. The van der Waals surface area contributed by atoms with Gasteiger partial charge in [0.05, 0.1) is 32.0 Å². The number of carbonyl (C=O) groups is 1. The Hall–Kier alpha value is -1.01. The average Bonchev–Trinajstić information content (AvgIpc) is 3.20. The standard InChI is InChI=1S/C43H83NO13/c1-3-4-5-6-7-8-9-10-11-12-13-14-15-16-17-18-19-20-21-22-23-24-25-26-27-33(48)32(44-31(2)47)30-54-42-40(53)38(51)41(35(29-46)56-42)57-43-39(52)37(50)36(49)34(28-45)55-43/h32-43,45-46,48-53H,3-30H2,1-2H3,(H,44,47). The SMILES string of the molecule is CCCCCCCCCCCCCCCCCCCCCCCCCCC(O)C(COC1OC(CO)C(OC2OC(CO)C(O)C(O)C2O)C(O)C1O)NC(C)=O. The van der Waals surface area contributed by atoms with E-state index in [2.05, 4.69) is 12.2 Å². The molecule has 2 aliphatic heterocycles. The Labute approximate surface area is 343 Å². The van der Waals surface area contributed by atoms with Gasteiger partial charge in [-0.2, -0.15) is 0 Å². The molecule has 2 heterocycles. The predicted molar refractivity (Wildman–Crippen MR) is 217 cm³/mol. The maximum atomic E-state index is 11.9. The van der Waals surface area contributed by atoms with Crippen LogP contribution in [-0.4, -0.2) is 140 Å². The number of hydrogen-bond donors (Lipinski definition) is 9. The van der Waals surface area contributed by atoms with Gasteiger partial charge in [0.25, 0.3) is 0 Å². The zero-order chi connectivity index (χ0) is 41.8. The number of rotatable bonds is 34. The van der Waals surface area contributed by atoms with Crippen LogP contribution in [0.3, 0.4) is 0 Å². The number of aliphatic hydroxyl groups is 8. The van der Waals surface area contributed by atoms with Crippen LogP contribution in [0.1, 0.15) is 174 Å². The van der Waals surface area contributed by atoms with Crippen LogP contribution in [0.4, 0.5) is 0 Å². The van der Waals surface area contributed by atoms with E-state index in [0.717, 1.165) is 25.7 Å². The number of hydrogen-bond acceptors (Lipinski definition) is 13. The molecule has 2 saturated heterocycles. The summed E-state index contributed by atoms with van der Waals surface area (Å²) in [6, 6.07) is -0.823. The van der Waals surface area contributed by atoms with Crippen LogP contribution >= 0.6 is 0 Å². The maximum absolute atomic E-state index is 11.9. The molecule has 0 aromatic carbocycles. The first-order valence-electron chi connectivity index (χ1n) is 22.7. The third-order valence-corrected chi connectivity index (χ3v) is 11.6. The molecule has 0 radical (unpaired) electrons. The summed E-state index contributed by atoms with van der Waals surface area (Å²) in [7, 11) is 0. The quantitative estimate of drug-likeness (QED) is 0.0414. The summed E-state index contributed by atoms with van der Waals surface area (Å²) in [5.74, 6) is -0.381. The summed E-state index contributed by atoms with van der Waals surface area (Å²) >= 11 is 0. The van der Waals surface area contributed by atoms with Gasteiger partial charge in [-0.05, 0) is 6.42 Å². The van der Waals surface area contributed by atoms with Gasteiger partial charge in [0.1, 0.15) is 48.8 Å². The minimum atomic E-state index is -1.77. The summed E-state index contributed by atoms with van der Waals surface area (Å²) in [4.78, 5) is 11.9. The Bertz CT molecular complexity index is 977. The summed E-state index contributed by atoms with van der Waals surface area (Å²) < 4.78 is 22.3. The molecule has 0 spiro atoms. The third-order valence-electron chi connectivity index (χ3n) is 11.6. The highest BCUT2D eigenvalue weighted by atomic mass is 16.7. The van der Waals surface area contributed by atoms with E-state index in [0.29, 0.717) is 6.42 Å². The first-order chi connectivity index (χ1) is 27.5. The van der Waals surface area contributed by atoms with Crippen LogP contribution in [0.2, 0.25) is 0 Å². The number of amides is 1. The lowest BCUT2D eigenvalue weighted by atomic mass is 9.97. The van der Waals surface area contributed by atoms with Gasteiger partial charge in [0, 0.05) is 6.92 Å². The van der Waals surface area contributed by atoms with E-state index < -0.39 is 86.8 Å². The van der Waals surface area contributed by atoms with Crippen LogP contribution in [0.15, 0.2) is 0 Å². The molecule has 0 aromatic heterocycles. The maximum Gasteiger partial charge on any atom is 0.217 e. The summed E-state index contributed by atoms with van der Waals surface area (Å²) in [5, 5.41) is 85.1. The van der Waals surface area contributed by atoms with Gasteiger partial charge in [-0.3, -0.25) is 4.79 Å². The first-order valence-corrected chi connectivity index (χ1v) is 22.7. The molecule has 9 N–H and O–H groups in total. The smallest absolute Gasteiger partial charge is 0.217 e. The molecular formula is C43H83NO13. The molecule has 2 fully saturated rings. The van der Waals surface area contributed by atoms with Crippen LogP contribution in [0.5, 0.6) is 0 Å². The van der Waals surface area contributed by atoms with Crippen molar-refractivity contribution in [3.05, 3.63) is 0 Å². The lowest BCUT2D eigenvalue weighted by molar-refractivity contribution is -0.359. The Morgan fingerprint density at radius 1 is 0.561 bits per heavy atom. The van der Waals surface area contributed by atoms with Gasteiger partial charge in [0.2, 0.25) is 5.91 Å². The Morgan fingerprint density at radius 3 is 1.39 bits per heavy atom. The normalized spacial score (nSPS) is 29.0. The fraction of sp³-hybridized carbons (Fsp3) is 0.977. The highest BCUT2D eigenvalue weighted by molar-refractivity contribution is 5.73. The minimum Gasteiger partial charge on any atom is -0.394 e. The summed E-state index contributed by atoms with van der Waals surface area (Å²) in [5.41, 5.74) is 0. The molecule has 338 valence electrons. The number of ether oxygens (including phenoxy) is 4. The molecule has 14 nitrogen and oxygen atoms in total. The number of aliphatic hydroxyl groups excluding tert-OH is 8. The van der Waals surface area contributed by atoms with Gasteiger partial charge in [0.15, 0.2) is 12.6 Å². The fourth-order valence-corrected chi connectivity index (χ4v) is 7.92. The van der Waals surface area contributed by atoms with Crippen molar-refractivity contribution in [1.82, 2.24) is 5.32 Å². The molecule has 57 heavy (non-hydrogen) atoms. The number of carbonyl (C=O) groups excluding carboxylic acids is 1. The van der Waals surface area contributed by atoms with E-state index in [1.807, 2.05) is 0 Å². The van der Waals surface area contributed by atoms with Gasteiger partial charge >= 0.3 is 0 Å². The van der Waals surface area contributed by atoms with Crippen molar-refractivity contribution in [1.29, 1.82) is 0 Å². The molecule has 12 atom stereocenters. The number of nitrogens with one attached hydrogen (secondary N) is 1. The van der Waals surface area contributed by atoms with Crippen LogP contribution in [0.25, 0.3) is 0 Å². The van der Waals surface area contributed by atoms with Gasteiger partial charge in [-0.1, -0.05) is 161 Å². The highest BCUT2D eigenvalue weighted by Gasteiger charge is 2.50. The minimum absolute atomic E-state index is 0.259. The van der Waals surface area contributed by atoms with E-state index >= 15 is 0 Å². The lowest BCUT2D eigenvalue weighted by Gasteiger charge is -2.46. The Balaban J connectivity index is 1.54. The van der Waals surface area contributed by atoms with Gasteiger partial charge < -0.3 is 65.1 Å². The van der Waals surface area contributed by atoms with Crippen molar-refractivity contribution in [2.24, 2.45) is 0 Å². The zero-order valence-corrected chi connectivity index (χ0v) is 35.3. The number of unbranched alkanes of at least 4 members (excludes halogenated alkanes) is 23. The molecule has 14 heteroatoms. The van der Waals surface area contributed by atoms with E-state index in [4.69, 9.17) is 18.9 Å². The fourth-order valence-electron chi connectivity index (χ4n) is 7.92. The molecule has 1 amide bonds. The summed E-state index contributed by atoms with van der Waals surface area (Å²) in [6.45, 7) is 1.93. The molecule has 0 saturated carbocycles. The second-order valence-corrected chi connectivity index (χ2v) is 16.6. The Kier molecular flexibility index (Phi) is 29.1. The molecule has 0 aromatic rings. The third kappa shape index (κ3) is 20.9. The van der Waals surface area contributed by atoms with Crippen LogP contribution < -0.4 is 5.32 Å². The van der Waals surface area contributed by atoms with Crippen molar-refractivity contribution < 1.29 is 64.6 Å². The topological polar surface area (TPSA) is 228 Å². The lowest BCUT2D eigenvalue weighted by Crippen LogP contribution is -2.65. The first kappa shape index (κ1) is 52.1. The largest absolute Gasteiger partial charge is 0.394 e. The monoisotopic (exact) mass is 822 g/mol. The van der Waals surface area contributed by atoms with Crippen molar-refractivity contribution in [3.8, 4) is 0 Å². The van der Waals surface area contributed by atoms with Crippen molar-refractivity contribution >= 4 is 5.91 Å². The van der Waals surface area contributed by atoms with E-state index in [-0.39, 0.29) is 12.5 Å². The van der Waals surface area contributed by atoms with E-state index in [1.165, 1.54) is 135 Å². The molecule has 0 aliphatic carbocycles. The van der Waals surface area contributed by atoms with E-state index in [1.54, 1.807) is 0 Å². The Morgan fingerprint density at radius 2 is 0.965 bits per heavy atom. The van der Waals surface area contributed by atoms with Crippen LogP contribution in [0, 0.1) is 0 Å². The second-order valence-electron chi connectivity index (χ2n) is 16.6. The second kappa shape index (κ2) is 31.8. The molecule has 0 bridgehead atoms. The molecule has 2 aliphatic rings. The van der Waals surface area contributed by atoms with Gasteiger partial charge in [-0.15, -0.1) is 0 Å².